The van der Waals surface area contributed by atoms with Crippen LogP contribution in [0.3, 0.4) is 0 Å². The second-order valence-corrected chi connectivity index (χ2v) is 7.10. The molecule has 1 aliphatic rings. The maximum atomic E-state index is 6.25. The molecule has 0 bridgehead atoms. The average molecular weight is 353 g/mol. The number of allylic oxidation sites excluding steroid dienone is 1. The molecule has 4 aromatic rings. The van der Waals surface area contributed by atoms with E-state index in [0.29, 0.717) is 0 Å². The van der Waals surface area contributed by atoms with Gasteiger partial charge in [0.05, 0.1) is 0 Å². The normalized spacial score (nSPS) is 12.1. The van der Waals surface area contributed by atoms with Crippen LogP contribution in [0.25, 0.3) is 50.2 Å². The quantitative estimate of drug-likeness (QED) is 0.303. The minimum absolute atomic E-state index is 0.764. The van der Waals surface area contributed by atoms with Gasteiger partial charge in [0.2, 0.25) is 0 Å². The van der Waals surface area contributed by atoms with E-state index < -0.39 is 0 Å². The first-order chi connectivity index (χ1) is 12.8. The molecule has 0 saturated carbocycles. The molecule has 0 amide bonds. The summed E-state index contributed by atoms with van der Waals surface area (Å²) >= 11 is 6.25. The monoisotopic (exact) mass is 352 g/mol. The van der Waals surface area contributed by atoms with Crippen molar-refractivity contribution in [1.29, 1.82) is 0 Å². The number of hydrogen-bond donors (Lipinski definition) is 0. The van der Waals surface area contributed by atoms with Crippen molar-refractivity contribution in [3.05, 3.63) is 89.5 Å². The Morgan fingerprint density at radius 2 is 1.31 bits per heavy atom. The van der Waals surface area contributed by atoms with E-state index in [2.05, 4.69) is 72.8 Å². The molecule has 124 valence electrons. The minimum atomic E-state index is 0.764. The Morgan fingerprint density at radius 3 is 2.08 bits per heavy atom. The Kier molecular flexibility index (Phi) is 3.48. The summed E-state index contributed by atoms with van der Waals surface area (Å²) in [6, 6.07) is 26.0. The molecule has 0 radical (unpaired) electrons. The molecule has 1 heteroatoms. The molecule has 0 N–H and O–H groups in total. The predicted octanol–water partition coefficient (Wildman–Crippen LogP) is 7.84. The number of benzene rings is 4. The van der Waals surface area contributed by atoms with Crippen LogP contribution in [0.1, 0.15) is 12.5 Å². The SMILES string of the molecule is CC=Cc1cc(Cl)ccc1-c1ccc2c3c(cccc13)-c1ccccc1-2. The van der Waals surface area contributed by atoms with Crippen LogP contribution in [0.15, 0.2) is 78.9 Å². The summed E-state index contributed by atoms with van der Waals surface area (Å²) in [5.74, 6) is 0. The van der Waals surface area contributed by atoms with Gasteiger partial charge in [-0.1, -0.05) is 84.4 Å². The highest BCUT2D eigenvalue weighted by molar-refractivity contribution is 6.31. The van der Waals surface area contributed by atoms with Gasteiger partial charge in [-0.15, -0.1) is 0 Å². The van der Waals surface area contributed by atoms with Crippen molar-refractivity contribution in [3.63, 3.8) is 0 Å². The predicted molar refractivity (Wildman–Crippen MR) is 114 cm³/mol. The van der Waals surface area contributed by atoms with Crippen molar-refractivity contribution in [2.75, 3.05) is 0 Å². The highest BCUT2D eigenvalue weighted by atomic mass is 35.5. The molecule has 0 unspecified atom stereocenters. The summed E-state index contributed by atoms with van der Waals surface area (Å²) < 4.78 is 0. The van der Waals surface area contributed by atoms with Gasteiger partial charge in [0, 0.05) is 5.02 Å². The molecule has 0 heterocycles. The zero-order chi connectivity index (χ0) is 17.7. The Balaban J connectivity index is 1.86. The van der Waals surface area contributed by atoms with E-state index in [-0.39, 0.29) is 0 Å². The summed E-state index contributed by atoms with van der Waals surface area (Å²) in [6.45, 7) is 2.04. The number of fused-ring (bicyclic) bond motifs is 3. The zero-order valence-electron chi connectivity index (χ0n) is 14.5. The summed E-state index contributed by atoms with van der Waals surface area (Å²) in [4.78, 5) is 0. The Hall–Kier alpha value is -2.83. The van der Waals surface area contributed by atoms with E-state index in [9.17, 15) is 0 Å². The molecule has 26 heavy (non-hydrogen) atoms. The van der Waals surface area contributed by atoms with Crippen LogP contribution in [-0.4, -0.2) is 0 Å². The van der Waals surface area contributed by atoms with Crippen molar-refractivity contribution in [3.8, 4) is 33.4 Å². The average Bonchev–Trinajstić information content (AvgIpc) is 2.99. The first-order valence-corrected chi connectivity index (χ1v) is 9.24. The van der Waals surface area contributed by atoms with Gasteiger partial charge in [-0.3, -0.25) is 0 Å². The van der Waals surface area contributed by atoms with E-state index >= 15 is 0 Å². The standard InChI is InChI=1S/C25H17Cl/c1-2-6-16-15-17(26)11-12-18(16)21-13-14-24-20-8-4-3-7-19(20)22-9-5-10-23(21)25(22)24/h2-15H,1H3. The van der Waals surface area contributed by atoms with Gasteiger partial charge < -0.3 is 0 Å². The summed E-state index contributed by atoms with van der Waals surface area (Å²) in [5.41, 5.74) is 8.93. The largest absolute Gasteiger partial charge is 0.0870 e. The molecule has 0 saturated heterocycles. The molecule has 0 nitrogen and oxygen atoms in total. The van der Waals surface area contributed by atoms with Crippen molar-refractivity contribution in [2.45, 2.75) is 6.92 Å². The lowest BCUT2D eigenvalue weighted by Gasteiger charge is -2.12. The molecule has 1 aliphatic carbocycles. The summed E-state index contributed by atoms with van der Waals surface area (Å²) in [6.07, 6.45) is 4.18. The lowest BCUT2D eigenvalue weighted by Crippen LogP contribution is -1.87. The molecule has 0 spiro atoms. The van der Waals surface area contributed by atoms with Gasteiger partial charge in [0.25, 0.3) is 0 Å². The van der Waals surface area contributed by atoms with Crippen molar-refractivity contribution in [1.82, 2.24) is 0 Å². The van der Waals surface area contributed by atoms with Crippen molar-refractivity contribution in [2.24, 2.45) is 0 Å². The van der Waals surface area contributed by atoms with Crippen LogP contribution >= 0.6 is 11.6 Å². The molecule has 5 rings (SSSR count). The first-order valence-electron chi connectivity index (χ1n) is 8.86. The third-order valence-corrected chi connectivity index (χ3v) is 5.43. The maximum absolute atomic E-state index is 6.25. The summed E-state index contributed by atoms with van der Waals surface area (Å²) in [5, 5.41) is 3.41. The Bertz CT molecular complexity index is 1170. The second kappa shape index (κ2) is 5.86. The number of hydrogen-bond acceptors (Lipinski definition) is 0. The fourth-order valence-electron chi connectivity index (χ4n) is 4.14. The third-order valence-electron chi connectivity index (χ3n) is 5.20. The lowest BCUT2D eigenvalue weighted by molar-refractivity contribution is 1.61. The van der Waals surface area contributed by atoms with E-state index in [4.69, 9.17) is 11.6 Å². The van der Waals surface area contributed by atoms with Crippen LogP contribution in [0.2, 0.25) is 5.02 Å². The molecule has 4 aromatic carbocycles. The number of halogens is 1. The van der Waals surface area contributed by atoms with Crippen LogP contribution < -0.4 is 0 Å². The van der Waals surface area contributed by atoms with Gasteiger partial charge in [-0.2, -0.15) is 0 Å². The van der Waals surface area contributed by atoms with Crippen LogP contribution in [0.4, 0.5) is 0 Å². The van der Waals surface area contributed by atoms with Gasteiger partial charge >= 0.3 is 0 Å². The van der Waals surface area contributed by atoms with E-state index in [1.54, 1.807) is 0 Å². The minimum Gasteiger partial charge on any atom is -0.0870 e. The van der Waals surface area contributed by atoms with Gasteiger partial charge in [0.1, 0.15) is 0 Å². The van der Waals surface area contributed by atoms with Crippen molar-refractivity contribution < 1.29 is 0 Å². The van der Waals surface area contributed by atoms with E-state index in [0.717, 1.165) is 10.6 Å². The highest BCUT2D eigenvalue weighted by Crippen LogP contribution is 2.49. The molecule has 0 fully saturated rings. The first kappa shape index (κ1) is 15.4. The fourth-order valence-corrected chi connectivity index (χ4v) is 4.32. The van der Waals surface area contributed by atoms with Crippen LogP contribution in [-0.2, 0) is 0 Å². The lowest BCUT2D eigenvalue weighted by atomic mass is 9.92. The molecule has 0 atom stereocenters. The molecular weight excluding hydrogens is 336 g/mol. The smallest absolute Gasteiger partial charge is 0.0412 e. The Labute approximate surface area is 158 Å². The fraction of sp³-hybridized carbons (Fsp3) is 0.0400. The second-order valence-electron chi connectivity index (χ2n) is 6.67. The Morgan fingerprint density at radius 1 is 0.654 bits per heavy atom. The van der Waals surface area contributed by atoms with Gasteiger partial charge in [-0.25, -0.2) is 0 Å². The molecular formula is C25H17Cl. The highest BCUT2D eigenvalue weighted by Gasteiger charge is 2.22. The topological polar surface area (TPSA) is 0 Å². The zero-order valence-corrected chi connectivity index (χ0v) is 15.2. The van der Waals surface area contributed by atoms with Gasteiger partial charge in [0.15, 0.2) is 0 Å². The third kappa shape index (κ3) is 2.16. The van der Waals surface area contributed by atoms with Crippen LogP contribution in [0, 0.1) is 0 Å². The van der Waals surface area contributed by atoms with Crippen LogP contribution in [0.5, 0.6) is 0 Å². The van der Waals surface area contributed by atoms with Crippen molar-refractivity contribution >= 4 is 28.4 Å². The molecule has 0 aliphatic heterocycles. The summed E-state index contributed by atoms with van der Waals surface area (Å²) in [7, 11) is 0. The van der Waals surface area contributed by atoms with E-state index in [1.165, 1.54) is 44.2 Å². The maximum Gasteiger partial charge on any atom is 0.0412 e. The molecule has 0 aromatic heterocycles. The van der Waals surface area contributed by atoms with Gasteiger partial charge in [-0.05, 0) is 68.8 Å². The number of rotatable bonds is 2. The van der Waals surface area contributed by atoms with E-state index in [1.807, 2.05) is 19.1 Å².